The van der Waals surface area contributed by atoms with E-state index >= 15 is 0 Å². The summed E-state index contributed by atoms with van der Waals surface area (Å²) in [6.45, 7) is 17.8. The number of hydrogen-bond acceptors (Lipinski definition) is 4. The maximum Gasteiger partial charge on any atom is 2.00 e. The molecule has 0 aromatic rings. The molecule has 0 aromatic carbocycles. The van der Waals surface area contributed by atoms with Gasteiger partial charge >= 0.3 is 21.1 Å². The summed E-state index contributed by atoms with van der Waals surface area (Å²) in [5, 5.41) is 6.85. The zero-order valence-corrected chi connectivity index (χ0v) is 17.6. The van der Waals surface area contributed by atoms with Gasteiger partial charge in [0.25, 0.3) is 0 Å². The average molecular weight is 483 g/mol. The SMILES string of the molecule is C=C(NCC1CN(CCOC[CH2-])CCO1)C(C)C.C[N-]C.[W+2]. The Morgan fingerprint density at radius 2 is 2.14 bits per heavy atom. The molecule has 5 nitrogen and oxygen atoms in total. The molecule has 1 unspecified atom stereocenters. The molecule has 0 saturated carbocycles. The molecule has 0 spiro atoms. The van der Waals surface area contributed by atoms with Crippen molar-refractivity contribution in [1.29, 1.82) is 0 Å². The van der Waals surface area contributed by atoms with Crippen molar-refractivity contribution < 1.29 is 30.5 Å². The summed E-state index contributed by atoms with van der Waals surface area (Å²) in [5.41, 5.74) is 1.08. The maximum absolute atomic E-state index is 5.75. The Kier molecular flexibility index (Phi) is 17.6. The standard InChI is InChI=1S/C14H27N2O2.C2H6N.W/c1-5-17-8-6-16-7-9-18-14(11-16)10-15-13(4)12(2)3;1-3-2;/h12,14-15H,1,4-11H2,2-3H3;1-2H3;/q2*-1;+2. The maximum atomic E-state index is 5.75. The summed E-state index contributed by atoms with van der Waals surface area (Å²) >= 11 is 0. The molecule has 1 aliphatic heterocycles. The number of ether oxygens (including phenoxy) is 2. The van der Waals surface area contributed by atoms with Gasteiger partial charge in [-0.2, -0.15) is 14.1 Å². The van der Waals surface area contributed by atoms with Gasteiger partial charge in [0.1, 0.15) is 0 Å². The third kappa shape index (κ3) is 12.6. The molecule has 1 heterocycles. The topological polar surface area (TPSA) is 47.8 Å². The van der Waals surface area contributed by atoms with E-state index in [2.05, 4.69) is 42.9 Å². The zero-order valence-electron chi connectivity index (χ0n) is 14.6. The van der Waals surface area contributed by atoms with Crippen molar-refractivity contribution in [3.05, 3.63) is 24.5 Å². The molecule has 0 radical (unpaired) electrons. The van der Waals surface area contributed by atoms with Crippen molar-refractivity contribution >= 4 is 0 Å². The summed E-state index contributed by atoms with van der Waals surface area (Å²) in [4.78, 5) is 2.38. The first kappa shape index (κ1) is 24.3. The number of nitrogens with one attached hydrogen (secondary N) is 1. The largest absolute Gasteiger partial charge is 2.00 e. The summed E-state index contributed by atoms with van der Waals surface area (Å²) in [7, 11) is 3.50. The van der Waals surface area contributed by atoms with E-state index < -0.39 is 0 Å². The number of morpholine rings is 1. The summed E-state index contributed by atoms with van der Waals surface area (Å²) in [6, 6.07) is 0. The van der Waals surface area contributed by atoms with Crippen molar-refractivity contribution in [3.8, 4) is 0 Å². The average Bonchev–Trinajstić information content (AvgIpc) is 2.46. The minimum atomic E-state index is 0. The molecule has 1 rings (SSSR count). The molecule has 1 aliphatic rings. The normalized spacial score (nSPS) is 18.2. The third-order valence-corrected chi connectivity index (χ3v) is 3.17. The van der Waals surface area contributed by atoms with Crippen LogP contribution in [0.2, 0.25) is 0 Å². The van der Waals surface area contributed by atoms with Gasteiger partial charge < -0.3 is 27.0 Å². The molecule has 22 heavy (non-hydrogen) atoms. The monoisotopic (exact) mass is 483 g/mol. The van der Waals surface area contributed by atoms with Crippen molar-refractivity contribution in [3.63, 3.8) is 0 Å². The fourth-order valence-corrected chi connectivity index (χ4v) is 1.85. The van der Waals surface area contributed by atoms with Crippen LogP contribution < -0.4 is 5.32 Å². The molecule has 0 bridgehead atoms. The van der Waals surface area contributed by atoms with E-state index in [1.807, 2.05) is 0 Å². The van der Waals surface area contributed by atoms with Crippen molar-refractivity contribution in [2.24, 2.45) is 5.92 Å². The van der Waals surface area contributed by atoms with Crippen molar-refractivity contribution in [2.45, 2.75) is 20.0 Å². The van der Waals surface area contributed by atoms with Gasteiger partial charge in [0.15, 0.2) is 0 Å². The van der Waals surface area contributed by atoms with Gasteiger partial charge in [0.2, 0.25) is 0 Å². The van der Waals surface area contributed by atoms with Crippen LogP contribution >= 0.6 is 0 Å². The van der Waals surface area contributed by atoms with Crippen LogP contribution in [0.1, 0.15) is 13.8 Å². The van der Waals surface area contributed by atoms with Crippen molar-refractivity contribution in [1.82, 2.24) is 10.2 Å². The third-order valence-electron chi connectivity index (χ3n) is 3.17. The molecule has 1 fully saturated rings. The van der Waals surface area contributed by atoms with Crippen LogP contribution in [0.4, 0.5) is 0 Å². The molecule has 1 saturated heterocycles. The Hall–Kier alpha value is 0.0683. The smallest absolute Gasteiger partial charge is 0.668 e. The quantitative estimate of drug-likeness (QED) is 0.424. The van der Waals surface area contributed by atoms with Crippen LogP contribution in [-0.2, 0) is 30.5 Å². The molecule has 0 aromatic heterocycles. The molecule has 130 valence electrons. The Balaban J connectivity index is 0. The number of nitrogens with zero attached hydrogens (tertiary/aromatic N) is 2. The van der Waals surface area contributed by atoms with E-state index in [0.29, 0.717) is 12.5 Å². The predicted octanol–water partition coefficient (Wildman–Crippen LogP) is 1.91. The molecule has 6 heteroatoms. The van der Waals surface area contributed by atoms with Crippen LogP contribution in [0.3, 0.4) is 0 Å². The Bertz CT molecular complexity index is 266. The van der Waals surface area contributed by atoms with Gasteiger partial charge in [0.05, 0.1) is 19.3 Å². The minimum absolute atomic E-state index is 0. The Morgan fingerprint density at radius 1 is 1.50 bits per heavy atom. The molecule has 1 atom stereocenters. The van der Waals surface area contributed by atoms with E-state index in [-0.39, 0.29) is 27.2 Å². The van der Waals surface area contributed by atoms with Crippen LogP contribution in [0.15, 0.2) is 12.3 Å². The van der Waals surface area contributed by atoms with Gasteiger partial charge in [-0.1, -0.05) is 27.0 Å². The Morgan fingerprint density at radius 3 is 2.68 bits per heavy atom. The predicted molar refractivity (Wildman–Crippen MR) is 89.5 cm³/mol. The fourth-order valence-electron chi connectivity index (χ4n) is 1.85. The molecule has 0 aliphatic carbocycles. The summed E-state index contributed by atoms with van der Waals surface area (Å²) < 4.78 is 11.0. The van der Waals surface area contributed by atoms with E-state index in [0.717, 1.165) is 45.1 Å². The molecule has 0 amide bonds. The van der Waals surface area contributed by atoms with E-state index in [4.69, 9.17) is 9.47 Å². The summed E-state index contributed by atoms with van der Waals surface area (Å²) in [6.07, 6.45) is 0.244. The molecule has 1 N–H and O–H groups in total. The van der Waals surface area contributed by atoms with Gasteiger partial charge in [-0.05, 0) is 5.92 Å². The van der Waals surface area contributed by atoms with Crippen molar-refractivity contribution in [2.75, 3.05) is 60.1 Å². The molecular weight excluding hydrogens is 450 g/mol. The number of rotatable bonds is 8. The second-order valence-electron chi connectivity index (χ2n) is 5.41. The second-order valence-corrected chi connectivity index (χ2v) is 5.41. The van der Waals surface area contributed by atoms with Crippen LogP contribution in [-0.4, -0.2) is 71.1 Å². The second kappa shape index (κ2) is 15.9. The van der Waals surface area contributed by atoms with Gasteiger partial charge in [0, 0.05) is 31.9 Å². The van der Waals surface area contributed by atoms with Gasteiger partial charge in [-0.25, -0.2) is 0 Å². The first-order valence-corrected chi connectivity index (χ1v) is 7.66. The zero-order chi connectivity index (χ0) is 16.1. The Labute approximate surface area is 151 Å². The fraction of sp³-hybridized carbons (Fsp3) is 0.812. The molecular formula is C16H33N3O2W. The minimum Gasteiger partial charge on any atom is -0.668 e. The summed E-state index contributed by atoms with van der Waals surface area (Å²) in [5.74, 6) is 0.468. The number of hydrogen-bond donors (Lipinski definition) is 1. The van der Waals surface area contributed by atoms with Gasteiger partial charge in [-0.3, -0.25) is 4.90 Å². The first-order valence-electron chi connectivity index (χ1n) is 7.66. The number of allylic oxidation sites excluding steroid dienone is 1. The van der Waals surface area contributed by atoms with Gasteiger partial charge in [-0.15, -0.1) is 0 Å². The van der Waals surface area contributed by atoms with E-state index in [9.17, 15) is 0 Å². The van der Waals surface area contributed by atoms with Crippen LogP contribution in [0.25, 0.3) is 5.32 Å². The van der Waals surface area contributed by atoms with Crippen LogP contribution in [0.5, 0.6) is 0 Å². The van der Waals surface area contributed by atoms with E-state index in [1.165, 1.54) is 0 Å². The van der Waals surface area contributed by atoms with E-state index in [1.54, 1.807) is 14.1 Å². The first-order chi connectivity index (χ1) is 10.0. The van der Waals surface area contributed by atoms with Crippen LogP contribution in [0, 0.1) is 12.8 Å².